The first-order valence-electron chi connectivity index (χ1n) is 6.74. The highest BCUT2D eigenvalue weighted by molar-refractivity contribution is 5.93. The van der Waals surface area contributed by atoms with Crippen molar-refractivity contribution in [1.29, 1.82) is 0 Å². The van der Waals surface area contributed by atoms with E-state index in [1.807, 2.05) is 6.92 Å². The Morgan fingerprint density at radius 3 is 2.81 bits per heavy atom. The van der Waals surface area contributed by atoms with Crippen LogP contribution < -0.4 is 0 Å². The summed E-state index contributed by atoms with van der Waals surface area (Å²) in [6.45, 7) is 3.85. The van der Waals surface area contributed by atoms with E-state index >= 15 is 0 Å². The maximum Gasteiger partial charge on any atom is 0.511 e. The number of hydrogen-bond donors (Lipinski definition) is 1. The molecule has 0 bridgehead atoms. The van der Waals surface area contributed by atoms with Crippen molar-refractivity contribution in [3.8, 4) is 0 Å². The molecule has 0 radical (unpaired) electrons. The summed E-state index contributed by atoms with van der Waals surface area (Å²) in [5.41, 5.74) is 1.48. The lowest BCUT2D eigenvalue weighted by Gasteiger charge is -2.15. The van der Waals surface area contributed by atoms with Crippen LogP contribution in [-0.2, 0) is 14.2 Å². The van der Waals surface area contributed by atoms with E-state index in [1.54, 1.807) is 13.0 Å². The van der Waals surface area contributed by atoms with Gasteiger partial charge in [0.1, 0.15) is 5.69 Å². The topological polar surface area (TPSA) is 90.8 Å². The summed E-state index contributed by atoms with van der Waals surface area (Å²) in [5.74, 6) is -0.628. The molecule has 0 spiro atoms. The van der Waals surface area contributed by atoms with Gasteiger partial charge in [0.15, 0.2) is 5.58 Å². The van der Waals surface area contributed by atoms with Gasteiger partial charge in [-0.3, -0.25) is 0 Å². The van der Waals surface area contributed by atoms with Crippen LogP contribution in [0.25, 0.3) is 11.1 Å². The van der Waals surface area contributed by atoms with Crippen LogP contribution in [0.2, 0.25) is 0 Å². The van der Waals surface area contributed by atoms with Crippen LogP contribution in [0.1, 0.15) is 37.2 Å². The van der Waals surface area contributed by atoms with E-state index in [1.165, 1.54) is 12.3 Å². The van der Waals surface area contributed by atoms with E-state index in [0.717, 1.165) is 0 Å². The molecule has 2 aromatic rings. The lowest BCUT2D eigenvalue weighted by molar-refractivity contribution is -0.0934. The van der Waals surface area contributed by atoms with Crippen molar-refractivity contribution in [3.63, 3.8) is 0 Å². The Morgan fingerprint density at radius 1 is 1.33 bits per heavy atom. The third kappa shape index (κ3) is 3.77. The van der Waals surface area contributed by atoms with Gasteiger partial charge in [-0.05, 0) is 6.42 Å². The minimum atomic E-state index is -0.989. The molecule has 0 amide bonds. The molecule has 0 aromatic carbocycles. The standard InChI is InChI=1S/C14H17NO6/c1-3-6-19-14(17)21-12(4-2)20-13(16)10-8-11-9(15-10)5-7-18-11/h5,7-8,12,15H,3-4,6H2,1-2H3. The summed E-state index contributed by atoms with van der Waals surface area (Å²) in [6.07, 6.45) is 0.683. The summed E-state index contributed by atoms with van der Waals surface area (Å²) in [4.78, 5) is 26.1. The van der Waals surface area contributed by atoms with Crippen molar-refractivity contribution < 1.29 is 28.2 Å². The first-order chi connectivity index (χ1) is 10.1. The van der Waals surface area contributed by atoms with Gasteiger partial charge in [-0.15, -0.1) is 0 Å². The summed E-state index contributed by atoms with van der Waals surface area (Å²) in [7, 11) is 0. The fourth-order valence-corrected chi connectivity index (χ4v) is 1.66. The van der Waals surface area contributed by atoms with Crippen molar-refractivity contribution in [1.82, 2.24) is 4.98 Å². The predicted molar refractivity (Wildman–Crippen MR) is 72.8 cm³/mol. The van der Waals surface area contributed by atoms with Crippen molar-refractivity contribution in [2.24, 2.45) is 0 Å². The third-order valence-corrected chi connectivity index (χ3v) is 2.68. The molecular formula is C14H17NO6. The van der Waals surface area contributed by atoms with E-state index in [2.05, 4.69) is 4.98 Å². The fraction of sp³-hybridized carbons (Fsp3) is 0.429. The van der Waals surface area contributed by atoms with Crippen molar-refractivity contribution >= 4 is 23.2 Å². The summed E-state index contributed by atoms with van der Waals surface area (Å²) in [6, 6.07) is 3.22. The minimum Gasteiger partial charge on any atom is -0.463 e. The van der Waals surface area contributed by atoms with Crippen LogP contribution in [0.15, 0.2) is 22.8 Å². The Kier molecular flexibility index (Phi) is 4.86. The number of fused-ring (bicyclic) bond motifs is 1. The van der Waals surface area contributed by atoms with E-state index in [4.69, 9.17) is 18.6 Å². The monoisotopic (exact) mass is 295 g/mol. The van der Waals surface area contributed by atoms with Gasteiger partial charge in [0.2, 0.25) is 0 Å². The lowest BCUT2D eigenvalue weighted by atomic mass is 10.4. The molecule has 0 saturated heterocycles. The molecule has 2 rings (SSSR count). The average molecular weight is 295 g/mol. The minimum absolute atomic E-state index is 0.230. The largest absolute Gasteiger partial charge is 0.511 e. The van der Waals surface area contributed by atoms with Crippen LogP contribution in [0.4, 0.5) is 4.79 Å². The maximum atomic E-state index is 11.9. The molecular weight excluding hydrogens is 278 g/mol. The maximum absolute atomic E-state index is 11.9. The molecule has 1 atom stereocenters. The average Bonchev–Trinajstić information content (AvgIpc) is 3.05. The summed E-state index contributed by atoms with van der Waals surface area (Å²) >= 11 is 0. The summed E-state index contributed by atoms with van der Waals surface area (Å²) < 4.78 is 19.9. The number of aromatic nitrogens is 1. The van der Waals surface area contributed by atoms with Gasteiger partial charge in [-0.25, -0.2) is 9.59 Å². The second kappa shape index (κ2) is 6.83. The van der Waals surface area contributed by atoms with E-state index in [-0.39, 0.29) is 12.3 Å². The quantitative estimate of drug-likeness (QED) is 0.650. The number of furan rings is 1. The second-order valence-electron chi connectivity index (χ2n) is 4.34. The zero-order valence-corrected chi connectivity index (χ0v) is 11.9. The lowest BCUT2D eigenvalue weighted by Crippen LogP contribution is -2.24. The molecule has 7 nitrogen and oxygen atoms in total. The number of carbonyl (C=O) groups is 2. The zero-order valence-electron chi connectivity index (χ0n) is 11.9. The fourth-order valence-electron chi connectivity index (χ4n) is 1.66. The van der Waals surface area contributed by atoms with Gasteiger partial charge in [0.25, 0.3) is 6.29 Å². The van der Waals surface area contributed by atoms with Gasteiger partial charge in [0, 0.05) is 18.6 Å². The van der Waals surface area contributed by atoms with Crippen molar-refractivity contribution in [2.75, 3.05) is 6.61 Å². The Labute approximate surface area is 121 Å². The number of rotatable bonds is 6. The molecule has 2 aromatic heterocycles. The Morgan fingerprint density at radius 2 is 2.14 bits per heavy atom. The van der Waals surface area contributed by atoms with E-state index in [9.17, 15) is 9.59 Å². The molecule has 114 valence electrons. The van der Waals surface area contributed by atoms with Gasteiger partial charge in [0.05, 0.1) is 18.4 Å². The molecule has 0 saturated carbocycles. The van der Waals surface area contributed by atoms with Gasteiger partial charge < -0.3 is 23.6 Å². The molecule has 0 fully saturated rings. The van der Waals surface area contributed by atoms with Gasteiger partial charge in [-0.2, -0.15) is 0 Å². The Balaban J connectivity index is 1.92. The Bertz CT molecular complexity index is 585. The molecule has 1 unspecified atom stereocenters. The van der Waals surface area contributed by atoms with Gasteiger partial charge in [-0.1, -0.05) is 13.8 Å². The number of carbonyl (C=O) groups excluding carboxylic acids is 2. The molecule has 21 heavy (non-hydrogen) atoms. The van der Waals surface area contributed by atoms with Crippen LogP contribution in [0.5, 0.6) is 0 Å². The number of ether oxygens (including phenoxy) is 3. The molecule has 0 aliphatic rings. The SMILES string of the molecule is CCCOC(=O)OC(CC)OC(=O)c1cc2occc2[nH]1. The highest BCUT2D eigenvalue weighted by Gasteiger charge is 2.21. The third-order valence-electron chi connectivity index (χ3n) is 2.68. The van der Waals surface area contributed by atoms with Crippen LogP contribution in [0, 0.1) is 0 Å². The van der Waals surface area contributed by atoms with E-state index < -0.39 is 18.4 Å². The number of nitrogens with one attached hydrogen (secondary N) is 1. The van der Waals surface area contributed by atoms with Crippen molar-refractivity contribution in [2.45, 2.75) is 33.0 Å². The first-order valence-corrected chi connectivity index (χ1v) is 6.74. The number of H-pyrrole nitrogens is 1. The van der Waals surface area contributed by atoms with Gasteiger partial charge >= 0.3 is 12.1 Å². The number of hydrogen-bond acceptors (Lipinski definition) is 6. The number of aromatic amines is 1. The highest BCUT2D eigenvalue weighted by Crippen LogP contribution is 2.17. The van der Waals surface area contributed by atoms with Crippen molar-refractivity contribution in [3.05, 3.63) is 24.1 Å². The second-order valence-corrected chi connectivity index (χ2v) is 4.34. The highest BCUT2D eigenvalue weighted by atomic mass is 16.8. The molecule has 7 heteroatoms. The summed E-state index contributed by atoms with van der Waals surface area (Å²) in [5, 5.41) is 0. The molecule has 2 heterocycles. The Hall–Kier alpha value is -2.44. The van der Waals surface area contributed by atoms with Crippen LogP contribution in [-0.4, -0.2) is 30.0 Å². The molecule has 1 N–H and O–H groups in total. The zero-order chi connectivity index (χ0) is 15.2. The predicted octanol–water partition coefficient (Wildman–Crippen LogP) is 3.22. The molecule has 0 aliphatic heterocycles. The normalized spacial score (nSPS) is 12.1. The van der Waals surface area contributed by atoms with Crippen LogP contribution >= 0.6 is 0 Å². The smallest absolute Gasteiger partial charge is 0.463 e. The first kappa shape index (κ1) is 15.0. The van der Waals surface area contributed by atoms with E-state index in [0.29, 0.717) is 23.9 Å². The number of esters is 1. The molecule has 0 aliphatic carbocycles. The van der Waals surface area contributed by atoms with Crippen LogP contribution in [0.3, 0.4) is 0 Å².